The molecule has 0 saturated carbocycles. The van der Waals surface area contributed by atoms with E-state index >= 15 is 0 Å². The number of hydrogen-bond acceptors (Lipinski definition) is 1. The zero-order chi connectivity index (χ0) is 7.28. The summed E-state index contributed by atoms with van der Waals surface area (Å²) in [4.78, 5) is 0. The molecule has 0 saturated heterocycles. The van der Waals surface area contributed by atoms with E-state index in [1.807, 2.05) is 0 Å². The van der Waals surface area contributed by atoms with Crippen LogP contribution in [0, 0.1) is 0 Å². The Labute approximate surface area is 62.8 Å². The molecule has 9 heavy (non-hydrogen) atoms. The highest BCUT2D eigenvalue weighted by molar-refractivity contribution is 6.20. The Morgan fingerprint density at radius 2 is 2.00 bits per heavy atom. The first-order valence-electron chi connectivity index (χ1n) is 3.54. The number of hydrogen-bond donors (Lipinski definition) is 1. The van der Waals surface area contributed by atoms with Crippen molar-refractivity contribution in [3.63, 3.8) is 0 Å². The molecule has 0 aliphatic carbocycles. The normalized spacial score (nSPS) is 14.3. The second-order valence-corrected chi connectivity index (χ2v) is 3.19. The monoisotopic (exact) mass is 149 g/mol. The van der Waals surface area contributed by atoms with Gasteiger partial charge in [0.25, 0.3) is 0 Å². The fourth-order valence-corrected chi connectivity index (χ4v) is 0.597. The van der Waals surface area contributed by atoms with Gasteiger partial charge in [-0.15, -0.1) is 11.6 Å². The maximum atomic E-state index is 5.85. The minimum absolute atomic E-state index is 0.299. The molecule has 0 aromatic rings. The number of rotatable bonds is 4. The van der Waals surface area contributed by atoms with Crippen molar-refractivity contribution < 1.29 is 0 Å². The maximum absolute atomic E-state index is 5.85. The molecule has 1 nitrogen and oxygen atoms in total. The van der Waals surface area contributed by atoms with Crippen LogP contribution >= 0.6 is 11.6 Å². The van der Waals surface area contributed by atoms with Gasteiger partial charge in [0, 0.05) is 18.0 Å². The summed E-state index contributed by atoms with van der Waals surface area (Å²) in [6.07, 6.45) is 1.04. The summed E-state index contributed by atoms with van der Waals surface area (Å²) in [5, 5.41) is 3.56. The topological polar surface area (TPSA) is 12.0 Å². The molecule has 1 unspecified atom stereocenters. The van der Waals surface area contributed by atoms with Gasteiger partial charge >= 0.3 is 0 Å². The van der Waals surface area contributed by atoms with Gasteiger partial charge in [0.15, 0.2) is 0 Å². The number of halogens is 1. The van der Waals surface area contributed by atoms with Crippen LogP contribution in [0.3, 0.4) is 0 Å². The lowest BCUT2D eigenvalue weighted by molar-refractivity contribution is 0.570. The van der Waals surface area contributed by atoms with Gasteiger partial charge in [-0.2, -0.15) is 0 Å². The quantitative estimate of drug-likeness (QED) is 0.603. The third-order valence-corrected chi connectivity index (χ3v) is 1.65. The highest BCUT2D eigenvalue weighted by atomic mass is 35.5. The third-order valence-electron chi connectivity index (χ3n) is 1.19. The van der Waals surface area contributed by atoms with Gasteiger partial charge in [-0.3, -0.25) is 0 Å². The van der Waals surface area contributed by atoms with Crippen LogP contribution in [0.5, 0.6) is 0 Å². The Hall–Kier alpha value is 0.250. The van der Waals surface area contributed by atoms with E-state index in [0.717, 1.165) is 13.0 Å². The van der Waals surface area contributed by atoms with E-state index in [-0.39, 0.29) is 0 Å². The molecular weight excluding hydrogens is 134 g/mol. The first kappa shape index (κ1) is 9.25. The minimum atomic E-state index is 0.299. The predicted molar refractivity (Wildman–Crippen MR) is 43.1 cm³/mol. The molecule has 1 N–H and O–H groups in total. The fraction of sp³-hybridized carbons (Fsp3) is 1.00. The van der Waals surface area contributed by atoms with E-state index in [2.05, 4.69) is 26.1 Å². The summed E-state index contributed by atoms with van der Waals surface area (Å²) in [6.45, 7) is 7.27. The van der Waals surface area contributed by atoms with Crippen LogP contribution in [0.1, 0.15) is 27.2 Å². The molecule has 56 valence electrons. The average Bonchev–Trinajstić information content (AvgIpc) is 1.83. The van der Waals surface area contributed by atoms with Crippen LogP contribution in [0.4, 0.5) is 0 Å². The standard InChI is InChI=1S/C7H16ClN/c1-4-7(8)5-9-6(2)3/h6-7,9H,4-5H2,1-3H3. The van der Waals surface area contributed by atoms with Crippen molar-refractivity contribution in [3.8, 4) is 0 Å². The lowest BCUT2D eigenvalue weighted by Crippen LogP contribution is -2.28. The summed E-state index contributed by atoms with van der Waals surface area (Å²) >= 11 is 5.85. The first-order chi connectivity index (χ1) is 4.16. The summed E-state index contributed by atoms with van der Waals surface area (Å²) in [5.74, 6) is 0. The van der Waals surface area contributed by atoms with Gasteiger partial charge in [0.05, 0.1) is 0 Å². The zero-order valence-electron chi connectivity index (χ0n) is 6.45. The highest BCUT2D eigenvalue weighted by Gasteiger charge is 1.99. The lowest BCUT2D eigenvalue weighted by Gasteiger charge is -2.10. The van der Waals surface area contributed by atoms with Crippen molar-refractivity contribution in [2.45, 2.75) is 38.6 Å². The molecule has 0 heterocycles. The van der Waals surface area contributed by atoms with Crippen molar-refractivity contribution in [1.82, 2.24) is 5.32 Å². The van der Waals surface area contributed by atoms with Crippen LogP contribution in [0.2, 0.25) is 0 Å². The second kappa shape index (κ2) is 5.07. The molecule has 1 atom stereocenters. The van der Waals surface area contributed by atoms with Gasteiger partial charge in [-0.25, -0.2) is 0 Å². The Morgan fingerprint density at radius 1 is 1.44 bits per heavy atom. The zero-order valence-corrected chi connectivity index (χ0v) is 7.20. The van der Waals surface area contributed by atoms with Crippen LogP contribution in [-0.4, -0.2) is 18.0 Å². The Balaban J connectivity index is 3.06. The number of alkyl halides is 1. The number of nitrogens with one attached hydrogen (secondary N) is 1. The molecule has 2 heteroatoms. The average molecular weight is 150 g/mol. The van der Waals surface area contributed by atoms with Crippen molar-refractivity contribution in [3.05, 3.63) is 0 Å². The molecule has 0 rings (SSSR count). The van der Waals surface area contributed by atoms with E-state index < -0.39 is 0 Å². The van der Waals surface area contributed by atoms with Crippen molar-refractivity contribution in [2.24, 2.45) is 0 Å². The highest BCUT2D eigenvalue weighted by Crippen LogP contribution is 1.98. The molecule has 0 aliphatic rings. The molecule has 0 fully saturated rings. The van der Waals surface area contributed by atoms with Crippen molar-refractivity contribution in [1.29, 1.82) is 0 Å². The SMILES string of the molecule is CCC(Cl)CNC(C)C. The summed E-state index contributed by atoms with van der Waals surface area (Å²) in [6, 6.07) is 0.554. The van der Waals surface area contributed by atoms with E-state index in [4.69, 9.17) is 11.6 Å². The van der Waals surface area contributed by atoms with E-state index in [1.54, 1.807) is 0 Å². The largest absolute Gasteiger partial charge is 0.313 e. The van der Waals surface area contributed by atoms with Crippen LogP contribution in [0.15, 0.2) is 0 Å². The van der Waals surface area contributed by atoms with Crippen LogP contribution in [0.25, 0.3) is 0 Å². The van der Waals surface area contributed by atoms with E-state index in [0.29, 0.717) is 11.4 Å². The minimum Gasteiger partial charge on any atom is -0.313 e. The molecule has 0 aliphatic heterocycles. The third kappa shape index (κ3) is 6.13. The smallest absolute Gasteiger partial charge is 0.0458 e. The Bertz CT molecular complexity index is 63.9. The van der Waals surface area contributed by atoms with E-state index in [9.17, 15) is 0 Å². The van der Waals surface area contributed by atoms with Gasteiger partial charge < -0.3 is 5.32 Å². The van der Waals surface area contributed by atoms with Gasteiger partial charge in [-0.1, -0.05) is 20.8 Å². The maximum Gasteiger partial charge on any atom is 0.0458 e. The first-order valence-corrected chi connectivity index (χ1v) is 3.98. The van der Waals surface area contributed by atoms with E-state index in [1.165, 1.54) is 0 Å². The molecule has 0 spiro atoms. The van der Waals surface area contributed by atoms with Gasteiger partial charge in [0.2, 0.25) is 0 Å². The molecule has 0 aromatic carbocycles. The lowest BCUT2D eigenvalue weighted by atomic mass is 10.3. The summed E-state index contributed by atoms with van der Waals surface area (Å²) < 4.78 is 0. The fourth-order valence-electron chi connectivity index (χ4n) is 0.508. The van der Waals surface area contributed by atoms with Crippen molar-refractivity contribution in [2.75, 3.05) is 6.54 Å². The second-order valence-electron chi connectivity index (χ2n) is 2.57. The molecule has 0 radical (unpaired) electrons. The van der Waals surface area contributed by atoms with Gasteiger partial charge in [0.1, 0.15) is 0 Å². The van der Waals surface area contributed by atoms with Gasteiger partial charge in [-0.05, 0) is 6.42 Å². The summed E-state index contributed by atoms with van der Waals surface area (Å²) in [7, 11) is 0. The molecule has 0 bridgehead atoms. The molecule has 0 aromatic heterocycles. The molecular formula is C7H16ClN. The van der Waals surface area contributed by atoms with Crippen LogP contribution in [-0.2, 0) is 0 Å². The molecule has 0 amide bonds. The predicted octanol–water partition coefficient (Wildman–Crippen LogP) is 2.00. The van der Waals surface area contributed by atoms with Crippen molar-refractivity contribution >= 4 is 11.6 Å². The Morgan fingerprint density at radius 3 is 2.33 bits per heavy atom. The van der Waals surface area contributed by atoms with Crippen LogP contribution < -0.4 is 5.32 Å². The Kier molecular flexibility index (Phi) is 5.21. The summed E-state index contributed by atoms with van der Waals surface area (Å²) in [5.41, 5.74) is 0.